The van der Waals surface area contributed by atoms with Gasteiger partial charge < -0.3 is 10.2 Å². The highest BCUT2D eigenvalue weighted by molar-refractivity contribution is 6.30. The van der Waals surface area contributed by atoms with Crippen molar-refractivity contribution < 1.29 is 9.59 Å². The average molecular weight is 391 g/mol. The van der Waals surface area contributed by atoms with Gasteiger partial charge in [-0.05, 0) is 43.4 Å². The minimum Gasteiger partial charge on any atom is -0.353 e. The Kier molecular flexibility index (Phi) is 6.46. The number of nitrogens with zero attached hydrogens (tertiary/aromatic N) is 1. The van der Waals surface area contributed by atoms with E-state index in [4.69, 9.17) is 11.6 Å². The Hall–Kier alpha value is -1.55. The fourth-order valence-corrected chi connectivity index (χ4v) is 4.51. The molecule has 1 unspecified atom stereocenters. The smallest absolute Gasteiger partial charge is 0.242 e. The van der Waals surface area contributed by atoms with Gasteiger partial charge in [0.15, 0.2) is 0 Å². The zero-order valence-corrected chi connectivity index (χ0v) is 17.2. The number of rotatable bonds is 5. The Morgan fingerprint density at radius 3 is 2.59 bits per heavy atom. The highest BCUT2D eigenvalue weighted by atomic mass is 35.5. The van der Waals surface area contributed by atoms with Crippen LogP contribution >= 0.6 is 11.6 Å². The van der Waals surface area contributed by atoms with Gasteiger partial charge in [0.2, 0.25) is 11.8 Å². The van der Waals surface area contributed by atoms with Crippen molar-refractivity contribution in [1.29, 1.82) is 0 Å². The SMILES string of the molecule is CC(C)(CNC(=O)C1CCCN1C(=O)C1CCCCC1)c1cccc(Cl)c1. The Balaban J connectivity index is 1.60. The van der Waals surface area contributed by atoms with Gasteiger partial charge >= 0.3 is 0 Å². The van der Waals surface area contributed by atoms with Crippen LogP contribution in [0.1, 0.15) is 64.4 Å². The molecule has 27 heavy (non-hydrogen) atoms. The van der Waals surface area contributed by atoms with E-state index in [1.54, 1.807) is 0 Å². The van der Waals surface area contributed by atoms with Crippen LogP contribution in [0, 0.1) is 5.92 Å². The van der Waals surface area contributed by atoms with Crippen LogP contribution < -0.4 is 5.32 Å². The van der Waals surface area contributed by atoms with Crippen molar-refractivity contribution in [3.05, 3.63) is 34.9 Å². The van der Waals surface area contributed by atoms with E-state index in [-0.39, 0.29) is 29.2 Å². The Morgan fingerprint density at radius 1 is 1.15 bits per heavy atom. The number of hydrogen-bond acceptors (Lipinski definition) is 2. The number of hydrogen-bond donors (Lipinski definition) is 1. The van der Waals surface area contributed by atoms with Crippen molar-refractivity contribution in [2.45, 2.75) is 70.3 Å². The van der Waals surface area contributed by atoms with Gasteiger partial charge in [-0.3, -0.25) is 9.59 Å². The van der Waals surface area contributed by atoms with Crippen molar-refractivity contribution in [3.63, 3.8) is 0 Å². The van der Waals surface area contributed by atoms with E-state index in [0.29, 0.717) is 18.1 Å². The molecule has 2 aliphatic rings. The first kappa shape index (κ1) is 20.2. The van der Waals surface area contributed by atoms with E-state index in [9.17, 15) is 9.59 Å². The van der Waals surface area contributed by atoms with Gasteiger partial charge in [0, 0.05) is 29.4 Å². The van der Waals surface area contributed by atoms with Gasteiger partial charge in [0.05, 0.1) is 0 Å². The van der Waals surface area contributed by atoms with Crippen LogP contribution in [0.25, 0.3) is 0 Å². The lowest BCUT2D eigenvalue weighted by Crippen LogP contribution is -2.50. The monoisotopic (exact) mass is 390 g/mol. The van der Waals surface area contributed by atoms with Gasteiger partial charge in [-0.15, -0.1) is 0 Å². The predicted octanol–water partition coefficient (Wildman–Crippen LogP) is 4.31. The maximum atomic E-state index is 12.9. The summed E-state index contributed by atoms with van der Waals surface area (Å²) in [5.41, 5.74) is 0.869. The lowest BCUT2D eigenvalue weighted by atomic mass is 9.84. The zero-order valence-electron chi connectivity index (χ0n) is 16.5. The number of likely N-dealkylation sites (tertiary alicyclic amines) is 1. The molecular weight excluding hydrogens is 360 g/mol. The highest BCUT2D eigenvalue weighted by Crippen LogP contribution is 2.29. The van der Waals surface area contributed by atoms with E-state index in [2.05, 4.69) is 19.2 Å². The van der Waals surface area contributed by atoms with Crippen molar-refractivity contribution in [1.82, 2.24) is 10.2 Å². The maximum Gasteiger partial charge on any atom is 0.242 e. The Bertz CT molecular complexity index is 683. The van der Waals surface area contributed by atoms with E-state index >= 15 is 0 Å². The molecule has 1 saturated carbocycles. The van der Waals surface area contributed by atoms with Gasteiger partial charge in [0.25, 0.3) is 0 Å². The number of benzene rings is 1. The topological polar surface area (TPSA) is 49.4 Å². The molecule has 1 saturated heterocycles. The Labute approximate surface area is 167 Å². The molecule has 1 N–H and O–H groups in total. The fourth-order valence-electron chi connectivity index (χ4n) is 4.32. The third-order valence-electron chi connectivity index (χ3n) is 6.10. The van der Waals surface area contributed by atoms with Crippen LogP contribution in [0.2, 0.25) is 5.02 Å². The van der Waals surface area contributed by atoms with Crippen LogP contribution in [0.5, 0.6) is 0 Å². The van der Waals surface area contributed by atoms with Crippen molar-refractivity contribution >= 4 is 23.4 Å². The summed E-state index contributed by atoms with van der Waals surface area (Å²) < 4.78 is 0. The molecule has 1 aliphatic heterocycles. The molecule has 0 bridgehead atoms. The third kappa shape index (κ3) is 4.84. The van der Waals surface area contributed by atoms with E-state index in [1.807, 2.05) is 29.2 Å². The van der Waals surface area contributed by atoms with Crippen LogP contribution in [-0.2, 0) is 15.0 Å². The minimum atomic E-state index is -0.311. The fraction of sp³-hybridized carbons (Fsp3) is 0.636. The zero-order chi connectivity index (χ0) is 19.4. The van der Waals surface area contributed by atoms with Crippen LogP contribution in [0.3, 0.4) is 0 Å². The summed E-state index contributed by atoms with van der Waals surface area (Å²) in [5, 5.41) is 3.80. The molecule has 1 atom stereocenters. The molecular formula is C22H31ClN2O2. The second-order valence-corrected chi connectivity index (χ2v) is 9.07. The first-order chi connectivity index (χ1) is 12.9. The number of halogens is 1. The normalized spacial score (nSPS) is 21.3. The van der Waals surface area contributed by atoms with E-state index in [1.165, 1.54) is 6.42 Å². The Morgan fingerprint density at radius 2 is 1.89 bits per heavy atom. The summed E-state index contributed by atoms with van der Waals surface area (Å²) in [7, 11) is 0. The van der Waals surface area contributed by atoms with Crippen LogP contribution in [0.15, 0.2) is 24.3 Å². The second kappa shape index (κ2) is 8.64. The number of nitrogens with one attached hydrogen (secondary N) is 1. The summed E-state index contributed by atoms with van der Waals surface area (Å²) in [6.07, 6.45) is 7.13. The first-order valence-electron chi connectivity index (χ1n) is 10.2. The maximum absolute atomic E-state index is 12.9. The van der Waals surface area contributed by atoms with Gasteiger partial charge in [-0.2, -0.15) is 0 Å². The summed E-state index contributed by atoms with van der Waals surface area (Å²) in [4.78, 5) is 27.6. The van der Waals surface area contributed by atoms with Gasteiger partial charge in [-0.25, -0.2) is 0 Å². The summed E-state index contributed by atoms with van der Waals surface area (Å²) in [5.74, 6) is 0.295. The molecule has 0 radical (unpaired) electrons. The van der Waals surface area contributed by atoms with Crippen LogP contribution in [0.4, 0.5) is 0 Å². The standard InChI is InChI=1S/C22H31ClN2O2/c1-22(2,17-10-6-11-18(23)14-17)15-24-20(26)19-12-7-13-25(19)21(27)16-8-4-3-5-9-16/h6,10-11,14,16,19H,3-5,7-9,12-13,15H2,1-2H3,(H,24,26). The molecule has 1 heterocycles. The molecule has 5 heteroatoms. The molecule has 3 rings (SSSR count). The molecule has 4 nitrogen and oxygen atoms in total. The predicted molar refractivity (Wildman–Crippen MR) is 109 cm³/mol. The molecule has 0 spiro atoms. The summed E-state index contributed by atoms with van der Waals surface area (Å²) in [6, 6.07) is 7.46. The number of carbonyl (C=O) groups excluding carboxylic acids is 2. The van der Waals surface area contributed by atoms with Crippen LogP contribution in [-0.4, -0.2) is 35.8 Å². The van der Waals surface area contributed by atoms with Crippen molar-refractivity contribution in [2.24, 2.45) is 5.92 Å². The molecule has 2 amide bonds. The summed E-state index contributed by atoms with van der Waals surface area (Å²) >= 11 is 6.11. The number of amides is 2. The van der Waals surface area contributed by atoms with E-state index < -0.39 is 0 Å². The molecule has 1 aliphatic carbocycles. The minimum absolute atomic E-state index is 0.0215. The molecule has 1 aromatic rings. The highest BCUT2D eigenvalue weighted by Gasteiger charge is 2.37. The summed E-state index contributed by atoms with van der Waals surface area (Å²) in [6.45, 7) is 5.43. The molecule has 0 aromatic heterocycles. The first-order valence-corrected chi connectivity index (χ1v) is 10.6. The third-order valence-corrected chi connectivity index (χ3v) is 6.34. The van der Waals surface area contributed by atoms with Crippen molar-refractivity contribution in [3.8, 4) is 0 Å². The number of carbonyl (C=O) groups is 2. The van der Waals surface area contributed by atoms with Gasteiger partial charge in [0.1, 0.15) is 6.04 Å². The lowest BCUT2D eigenvalue weighted by molar-refractivity contribution is -0.142. The molecule has 2 fully saturated rings. The largest absolute Gasteiger partial charge is 0.353 e. The van der Waals surface area contributed by atoms with E-state index in [0.717, 1.165) is 44.1 Å². The van der Waals surface area contributed by atoms with Crippen molar-refractivity contribution in [2.75, 3.05) is 13.1 Å². The van der Waals surface area contributed by atoms with Gasteiger partial charge in [-0.1, -0.05) is 56.8 Å². The average Bonchev–Trinajstić information content (AvgIpc) is 3.16. The lowest BCUT2D eigenvalue weighted by Gasteiger charge is -2.31. The molecule has 148 valence electrons. The quantitative estimate of drug-likeness (QED) is 0.814. The molecule has 1 aromatic carbocycles. The second-order valence-electron chi connectivity index (χ2n) is 8.64.